The lowest BCUT2D eigenvalue weighted by Gasteiger charge is -2.38. The molecule has 0 amide bonds. The standard InChI is InChI=1S/2C30H31F3N6O/c2*1-21-8-5-9-22(2)27(21)39-29(34-35-36-39)28(24-11-6-13-25(20-24)30(31,32)33)38-18-16-37(17-19-38)15-7-12-23-10-3-4-14-26(23)40/h2*3-14,20,28,40H,15-19H2,1-2H3/b2*12-7+/t2*28-/m10/s1. The first-order chi connectivity index (χ1) is 38.4. The molecule has 6 aromatic carbocycles. The maximum atomic E-state index is 13.7. The summed E-state index contributed by atoms with van der Waals surface area (Å²) in [6.45, 7) is 14.6. The third kappa shape index (κ3) is 13.3. The highest BCUT2D eigenvalue weighted by Gasteiger charge is 2.37. The van der Waals surface area contributed by atoms with E-state index >= 15 is 0 Å². The zero-order chi connectivity index (χ0) is 56.6. The summed E-state index contributed by atoms with van der Waals surface area (Å²) in [6, 6.07) is 35.8. The number of hydrogen-bond donors (Lipinski definition) is 2. The number of rotatable bonds is 14. The van der Waals surface area contributed by atoms with E-state index in [-0.39, 0.29) is 11.5 Å². The third-order valence-corrected chi connectivity index (χ3v) is 14.6. The number of halogens is 6. The number of nitrogens with zero attached hydrogens (tertiary/aromatic N) is 12. The first kappa shape index (κ1) is 56.7. The van der Waals surface area contributed by atoms with Gasteiger partial charge in [-0.15, -0.1) is 10.2 Å². The summed E-state index contributed by atoms with van der Waals surface area (Å²) in [7, 11) is 0. The Balaban J connectivity index is 0.000000194. The van der Waals surface area contributed by atoms with Crippen molar-refractivity contribution in [3.8, 4) is 22.9 Å². The molecule has 0 radical (unpaired) electrons. The van der Waals surface area contributed by atoms with Crippen LogP contribution in [0.3, 0.4) is 0 Å². The van der Waals surface area contributed by atoms with Gasteiger partial charge in [0.1, 0.15) is 11.5 Å². The van der Waals surface area contributed by atoms with Crippen molar-refractivity contribution in [3.05, 3.63) is 213 Å². The summed E-state index contributed by atoms with van der Waals surface area (Å²) in [6.07, 6.45) is -1.11. The first-order valence-corrected chi connectivity index (χ1v) is 26.3. The number of aromatic hydroxyl groups is 2. The summed E-state index contributed by atoms with van der Waals surface area (Å²) in [4.78, 5) is 8.83. The molecule has 2 aliphatic rings. The minimum absolute atomic E-state index is 0.231. The first-order valence-electron chi connectivity index (χ1n) is 26.3. The molecule has 416 valence electrons. The molecule has 2 aromatic heterocycles. The average Bonchev–Trinajstić information content (AvgIpc) is 4.12. The van der Waals surface area contributed by atoms with Crippen molar-refractivity contribution >= 4 is 12.2 Å². The molecule has 8 aromatic rings. The highest BCUT2D eigenvalue weighted by Crippen LogP contribution is 2.38. The Morgan fingerprint density at radius 3 is 1.16 bits per heavy atom. The van der Waals surface area contributed by atoms with Crippen molar-refractivity contribution in [1.82, 2.24) is 60.0 Å². The van der Waals surface area contributed by atoms with Gasteiger partial charge in [0.25, 0.3) is 0 Å². The SMILES string of the molecule is Cc1cccc(C)c1-n1nnnc1[C@@H](c1cccc(C(F)(F)F)c1)N1CCN(C/C=C/c2ccccc2O)CC1.Cc1cccc(C)c1-n1nnnc1[C@H](c1cccc(C(F)(F)F)c1)N1CCN(C/C=C/c2ccccc2O)CC1. The molecule has 0 spiro atoms. The average molecular weight is 1100 g/mol. The molecule has 0 bridgehead atoms. The highest BCUT2D eigenvalue weighted by atomic mass is 19.4. The molecule has 0 saturated carbocycles. The zero-order valence-corrected chi connectivity index (χ0v) is 44.8. The summed E-state index contributed by atoms with van der Waals surface area (Å²) in [5.41, 5.74) is 6.62. The van der Waals surface area contributed by atoms with Crippen molar-refractivity contribution in [3.63, 3.8) is 0 Å². The van der Waals surface area contributed by atoms with Crippen LogP contribution >= 0.6 is 0 Å². The van der Waals surface area contributed by atoms with Gasteiger partial charge in [0.15, 0.2) is 11.6 Å². The van der Waals surface area contributed by atoms with E-state index in [1.54, 1.807) is 45.8 Å². The second-order valence-corrected chi connectivity index (χ2v) is 20.0. The smallest absolute Gasteiger partial charge is 0.416 e. The molecule has 20 heteroatoms. The van der Waals surface area contributed by atoms with Crippen LogP contribution in [0.25, 0.3) is 23.5 Å². The van der Waals surface area contributed by atoms with Crippen LogP contribution in [0.2, 0.25) is 0 Å². The fraction of sp³-hybridized carbons (Fsp3) is 0.300. The minimum atomic E-state index is -4.46. The molecule has 2 N–H and O–H groups in total. The van der Waals surface area contributed by atoms with E-state index in [9.17, 15) is 36.6 Å². The van der Waals surface area contributed by atoms with Gasteiger partial charge < -0.3 is 10.2 Å². The summed E-state index contributed by atoms with van der Waals surface area (Å²) in [5.74, 6) is 1.41. The van der Waals surface area contributed by atoms with Crippen LogP contribution in [0.5, 0.6) is 11.5 Å². The van der Waals surface area contributed by atoms with Gasteiger partial charge in [-0.25, -0.2) is 0 Å². The zero-order valence-electron chi connectivity index (χ0n) is 44.8. The van der Waals surface area contributed by atoms with E-state index in [1.807, 2.05) is 113 Å². The number of piperazine rings is 2. The number of phenols is 2. The van der Waals surface area contributed by atoms with Crippen LogP contribution in [-0.2, 0) is 12.4 Å². The van der Waals surface area contributed by atoms with Gasteiger partial charge >= 0.3 is 12.4 Å². The van der Waals surface area contributed by atoms with Crippen molar-refractivity contribution < 1.29 is 36.6 Å². The van der Waals surface area contributed by atoms with Crippen molar-refractivity contribution in [2.45, 2.75) is 52.1 Å². The Kier molecular flexibility index (Phi) is 17.7. The van der Waals surface area contributed by atoms with Crippen LogP contribution in [-0.4, -0.2) is 136 Å². The summed E-state index contributed by atoms with van der Waals surface area (Å²) < 4.78 is 85.5. The molecule has 0 unspecified atom stereocenters. The maximum Gasteiger partial charge on any atom is 0.416 e. The lowest BCUT2D eigenvalue weighted by Crippen LogP contribution is -2.48. The molecule has 0 aliphatic carbocycles. The largest absolute Gasteiger partial charge is 0.507 e. The molecular formula is C60H62F6N12O2. The second kappa shape index (κ2) is 25.0. The molecule has 4 heterocycles. The number of para-hydroxylation sites is 4. The van der Waals surface area contributed by atoms with Crippen LogP contribution < -0.4 is 0 Å². The molecule has 2 fully saturated rings. The van der Waals surface area contributed by atoms with Crippen molar-refractivity contribution in [1.29, 1.82) is 0 Å². The van der Waals surface area contributed by atoms with Crippen LogP contribution in [0.4, 0.5) is 26.3 Å². The Morgan fingerprint density at radius 2 is 0.812 bits per heavy atom. The number of tetrazole rings is 2. The minimum Gasteiger partial charge on any atom is -0.507 e. The van der Waals surface area contributed by atoms with Crippen molar-refractivity contribution in [2.75, 3.05) is 65.4 Å². The lowest BCUT2D eigenvalue weighted by molar-refractivity contribution is -0.138. The fourth-order valence-corrected chi connectivity index (χ4v) is 10.5. The number of aryl methyl sites for hydroxylation is 4. The maximum absolute atomic E-state index is 13.7. The Hall–Kier alpha value is -8.04. The molecule has 10 rings (SSSR count). The van der Waals surface area contributed by atoms with Gasteiger partial charge in [-0.05, 0) is 118 Å². The van der Waals surface area contributed by atoms with E-state index in [2.05, 4.69) is 50.7 Å². The van der Waals surface area contributed by atoms with Crippen LogP contribution in [0, 0.1) is 27.7 Å². The monoisotopic (exact) mass is 1100 g/mol. The molecule has 2 atom stereocenters. The summed E-state index contributed by atoms with van der Waals surface area (Å²) >= 11 is 0. The number of benzene rings is 6. The van der Waals surface area contributed by atoms with Gasteiger partial charge in [-0.3, -0.25) is 19.6 Å². The van der Waals surface area contributed by atoms with Gasteiger partial charge in [0.05, 0.1) is 34.6 Å². The summed E-state index contributed by atoms with van der Waals surface area (Å²) in [5, 5.41) is 45.2. The second-order valence-electron chi connectivity index (χ2n) is 20.0. The van der Waals surface area contributed by atoms with E-state index < -0.39 is 35.6 Å². The number of aromatic nitrogens is 8. The molecular weight excluding hydrogens is 1030 g/mol. The Labute approximate surface area is 460 Å². The number of phenolic OH excluding ortho intramolecular Hbond substituents is 2. The van der Waals surface area contributed by atoms with Gasteiger partial charge in [0, 0.05) is 76.6 Å². The normalized spacial score (nSPS) is 16.0. The highest BCUT2D eigenvalue weighted by molar-refractivity contribution is 5.57. The van der Waals surface area contributed by atoms with E-state index in [1.165, 1.54) is 24.3 Å². The van der Waals surface area contributed by atoms with Crippen LogP contribution in [0.1, 0.15) is 79.4 Å². The van der Waals surface area contributed by atoms with Gasteiger partial charge in [-0.1, -0.05) is 121 Å². The van der Waals surface area contributed by atoms with Crippen LogP contribution in [0.15, 0.2) is 146 Å². The molecule has 80 heavy (non-hydrogen) atoms. The van der Waals surface area contributed by atoms with Gasteiger partial charge in [-0.2, -0.15) is 35.7 Å². The van der Waals surface area contributed by atoms with E-state index in [0.717, 1.165) is 56.9 Å². The Morgan fingerprint density at radius 1 is 0.463 bits per heavy atom. The number of hydrogen-bond acceptors (Lipinski definition) is 12. The van der Waals surface area contributed by atoms with E-state index in [4.69, 9.17) is 0 Å². The molecule has 2 aliphatic heterocycles. The topological polar surface area (TPSA) is 141 Å². The van der Waals surface area contributed by atoms with E-state index in [0.29, 0.717) is 88.2 Å². The lowest BCUT2D eigenvalue weighted by atomic mass is 10.00. The molecule has 2 saturated heterocycles. The quantitative estimate of drug-likeness (QED) is 0.100. The number of alkyl halides is 6. The molecule has 14 nitrogen and oxygen atoms in total. The predicted octanol–water partition coefficient (Wildman–Crippen LogP) is 10.8. The fourth-order valence-electron chi connectivity index (χ4n) is 10.5. The van der Waals surface area contributed by atoms with Gasteiger partial charge in [0.2, 0.25) is 0 Å². The van der Waals surface area contributed by atoms with Crippen molar-refractivity contribution in [2.24, 2.45) is 0 Å². The third-order valence-electron chi connectivity index (χ3n) is 14.6. The Bertz CT molecular complexity index is 3170. The predicted molar refractivity (Wildman–Crippen MR) is 294 cm³/mol.